The zero-order chi connectivity index (χ0) is 17.3. The van der Waals surface area contributed by atoms with E-state index in [1.54, 1.807) is 12.1 Å². The number of carbonyl (C=O) groups excluding carboxylic acids is 3. The van der Waals surface area contributed by atoms with Crippen molar-refractivity contribution >= 4 is 41.5 Å². The van der Waals surface area contributed by atoms with Gasteiger partial charge in [0, 0.05) is 11.1 Å². The molecule has 7 heteroatoms. The smallest absolute Gasteiger partial charge is 0.427 e. The molecule has 120 valence electrons. The van der Waals surface area contributed by atoms with Crippen LogP contribution in [-0.4, -0.2) is 22.7 Å². The van der Waals surface area contributed by atoms with Crippen LogP contribution in [0.15, 0.2) is 46.9 Å². The fourth-order valence-corrected chi connectivity index (χ4v) is 2.43. The van der Waals surface area contributed by atoms with Crippen LogP contribution in [0.5, 0.6) is 5.75 Å². The molecule has 0 unspecified atom stereocenters. The minimum atomic E-state index is -0.742. The van der Waals surface area contributed by atoms with Crippen molar-refractivity contribution in [3.05, 3.63) is 58.4 Å². The summed E-state index contributed by atoms with van der Waals surface area (Å²) < 4.78 is 11.7. The number of oxazole rings is 1. The molecule has 0 spiro atoms. The van der Waals surface area contributed by atoms with Gasteiger partial charge in [0.2, 0.25) is 0 Å². The first kappa shape index (κ1) is 15.8. The van der Waals surface area contributed by atoms with E-state index in [4.69, 9.17) is 21.4 Å². The second-order valence-electron chi connectivity index (χ2n) is 5.00. The Kier molecular flexibility index (Phi) is 4.09. The highest BCUT2D eigenvalue weighted by Gasteiger charge is 2.17. The molecule has 0 aliphatic rings. The van der Waals surface area contributed by atoms with Gasteiger partial charge in [0.25, 0.3) is 4.84 Å². The van der Waals surface area contributed by atoms with Crippen LogP contribution in [0.3, 0.4) is 0 Å². The number of ether oxygens (including phenoxy) is 1. The third kappa shape index (κ3) is 2.89. The Balaban J connectivity index is 1.97. The molecule has 0 aliphatic carbocycles. The number of rotatable bonds is 3. The molecule has 3 aromatic rings. The normalized spacial score (nSPS) is 10.5. The first-order valence-corrected chi connectivity index (χ1v) is 7.34. The maximum absolute atomic E-state index is 12.4. The summed E-state index contributed by atoms with van der Waals surface area (Å²) in [5.41, 5.74) is 1.65. The first-order chi connectivity index (χ1) is 11.5. The zero-order valence-corrected chi connectivity index (χ0v) is 13.3. The van der Waals surface area contributed by atoms with E-state index < -0.39 is 6.09 Å². The Morgan fingerprint density at radius 3 is 2.50 bits per heavy atom. The number of benzene rings is 2. The molecule has 24 heavy (non-hydrogen) atoms. The Labute approximate surface area is 141 Å². The molecular weight excluding hydrogens is 330 g/mol. The molecule has 3 rings (SSSR count). The predicted octanol–water partition coefficient (Wildman–Crippen LogP) is 4.03. The summed E-state index contributed by atoms with van der Waals surface area (Å²) >= 11 is 5.06. The molecule has 0 amide bonds. The van der Waals surface area contributed by atoms with Gasteiger partial charge < -0.3 is 9.15 Å². The average molecular weight is 341 g/mol. The molecule has 0 bridgehead atoms. The van der Waals surface area contributed by atoms with Crippen molar-refractivity contribution in [1.29, 1.82) is 0 Å². The first-order valence-electron chi connectivity index (χ1n) is 6.93. The van der Waals surface area contributed by atoms with Gasteiger partial charge in [-0.15, -0.1) is 0 Å². The number of hydrogen-bond acceptors (Lipinski definition) is 6. The molecule has 1 aromatic heterocycles. The third-order valence-corrected chi connectivity index (χ3v) is 3.66. The van der Waals surface area contributed by atoms with Crippen molar-refractivity contribution in [2.75, 3.05) is 0 Å². The number of hydrogen-bond donors (Lipinski definition) is 0. The van der Waals surface area contributed by atoms with Gasteiger partial charge in [-0.1, -0.05) is 0 Å². The van der Waals surface area contributed by atoms with Gasteiger partial charge in [-0.05, 0) is 61.6 Å². The lowest BCUT2D eigenvalue weighted by molar-refractivity contribution is 0.101. The molecule has 6 nitrogen and oxygen atoms in total. The van der Waals surface area contributed by atoms with Crippen LogP contribution in [0.1, 0.15) is 27.6 Å². The summed E-state index contributed by atoms with van der Waals surface area (Å²) in [7, 11) is 0. The second kappa shape index (κ2) is 6.21. The van der Waals surface area contributed by atoms with Gasteiger partial charge in [0.1, 0.15) is 12.0 Å². The quantitative estimate of drug-likeness (QED) is 0.407. The van der Waals surface area contributed by atoms with Crippen LogP contribution in [0.4, 0.5) is 4.79 Å². The van der Waals surface area contributed by atoms with Crippen molar-refractivity contribution in [2.24, 2.45) is 0 Å². The van der Waals surface area contributed by atoms with E-state index in [1.807, 2.05) is 0 Å². The molecule has 2 aromatic carbocycles. The standard InChI is InChI=1S/C17H11NO5S/c1-10(20)12-4-7-14-15(8-12)23-17(24)18(14)16(21)22-13-5-2-11(9-19)3-6-13/h2-9H,1H3. The highest BCUT2D eigenvalue weighted by atomic mass is 32.1. The Morgan fingerprint density at radius 1 is 1.17 bits per heavy atom. The van der Waals surface area contributed by atoms with Gasteiger partial charge in [-0.25, -0.2) is 9.36 Å². The minimum absolute atomic E-state index is 0.0831. The van der Waals surface area contributed by atoms with Gasteiger partial charge in [0.05, 0.1) is 5.52 Å². The summed E-state index contributed by atoms with van der Waals surface area (Å²) in [5.74, 6) is 0.144. The number of nitrogens with zero attached hydrogens (tertiary/aromatic N) is 1. The van der Waals surface area contributed by atoms with Gasteiger partial charge in [0.15, 0.2) is 11.4 Å². The molecule has 0 radical (unpaired) electrons. The van der Waals surface area contributed by atoms with Gasteiger partial charge in [-0.2, -0.15) is 0 Å². The third-order valence-electron chi connectivity index (χ3n) is 3.39. The monoisotopic (exact) mass is 341 g/mol. The van der Waals surface area contributed by atoms with E-state index in [0.717, 1.165) is 4.57 Å². The Hall–Kier alpha value is -3.06. The lowest BCUT2D eigenvalue weighted by Gasteiger charge is -2.05. The fourth-order valence-electron chi connectivity index (χ4n) is 2.17. The Bertz CT molecular complexity index is 1010. The number of aromatic nitrogens is 1. The lowest BCUT2D eigenvalue weighted by Crippen LogP contribution is -2.16. The number of fused-ring (bicyclic) bond motifs is 1. The topological polar surface area (TPSA) is 78.5 Å². The number of ketones is 1. The molecule has 0 saturated carbocycles. The number of aldehydes is 1. The van der Waals surface area contributed by atoms with E-state index >= 15 is 0 Å². The van der Waals surface area contributed by atoms with Crippen LogP contribution in [0, 0.1) is 4.84 Å². The van der Waals surface area contributed by atoms with Crippen LogP contribution in [0.2, 0.25) is 0 Å². The maximum Gasteiger partial charge on any atom is 0.427 e. The van der Waals surface area contributed by atoms with E-state index in [1.165, 1.54) is 37.3 Å². The number of carbonyl (C=O) groups is 3. The molecular formula is C17H11NO5S. The van der Waals surface area contributed by atoms with Crippen LogP contribution in [-0.2, 0) is 0 Å². The molecule has 0 aliphatic heterocycles. The zero-order valence-electron chi connectivity index (χ0n) is 12.5. The maximum atomic E-state index is 12.4. The minimum Gasteiger partial charge on any atom is -0.429 e. The Morgan fingerprint density at radius 2 is 1.88 bits per heavy atom. The predicted molar refractivity (Wildman–Crippen MR) is 88.3 cm³/mol. The summed E-state index contributed by atoms with van der Waals surface area (Å²) in [6.07, 6.45) is -0.0501. The van der Waals surface area contributed by atoms with Crippen molar-refractivity contribution < 1.29 is 23.5 Å². The van der Waals surface area contributed by atoms with Gasteiger partial charge in [-0.3, -0.25) is 9.59 Å². The SMILES string of the molecule is CC(=O)c1ccc2c(c1)oc(=S)n2C(=O)Oc1ccc(C=O)cc1. The van der Waals surface area contributed by atoms with Crippen molar-refractivity contribution in [1.82, 2.24) is 4.57 Å². The van der Waals surface area contributed by atoms with Crippen LogP contribution in [0.25, 0.3) is 11.1 Å². The summed E-state index contributed by atoms with van der Waals surface area (Å²) in [6, 6.07) is 10.7. The molecule has 0 N–H and O–H groups in total. The second-order valence-corrected chi connectivity index (χ2v) is 5.35. The lowest BCUT2D eigenvalue weighted by atomic mass is 10.1. The van der Waals surface area contributed by atoms with E-state index in [-0.39, 0.29) is 16.4 Å². The highest BCUT2D eigenvalue weighted by molar-refractivity contribution is 7.71. The van der Waals surface area contributed by atoms with Crippen molar-refractivity contribution in [3.63, 3.8) is 0 Å². The summed E-state index contributed by atoms with van der Waals surface area (Å²) in [4.78, 5) is 34.3. The van der Waals surface area contributed by atoms with Crippen molar-refractivity contribution in [3.8, 4) is 5.75 Å². The van der Waals surface area contributed by atoms with Crippen LogP contribution >= 0.6 is 12.2 Å². The largest absolute Gasteiger partial charge is 0.429 e. The summed E-state index contributed by atoms with van der Waals surface area (Å²) in [6.45, 7) is 1.43. The number of Topliss-reactive ketones (excluding diaryl/α,β-unsaturated/α-hetero) is 1. The molecule has 0 atom stereocenters. The molecule has 0 saturated heterocycles. The van der Waals surface area contributed by atoms with Gasteiger partial charge >= 0.3 is 6.09 Å². The molecule has 1 heterocycles. The van der Waals surface area contributed by atoms with E-state index in [2.05, 4.69) is 0 Å². The highest BCUT2D eigenvalue weighted by Crippen LogP contribution is 2.21. The van der Waals surface area contributed by atoms with E-state index in [9.17, 15) is 14.4 Å². The van der Waals surface area contributed by atoms with E-state index in [0.29, 0.717) is 28.5 Å². The average Bonchev–Trinajstić information content (AvgIpc) is 2.90. The fraction of sp³-hybridized carbons (Fsp3) is 0.0588. The molecule has 0 fully saturated rings. The van der Waals surface area contributed by atoms with Crippen molar-refractivity contribution in [2.45, 2.75) is 6.92 Å². The summed E-state index contributed by atoms with van der Waals surface area (Å²) in [5, 5.41) is 0. The van der Waals surface area contributed by atoms with Crippen LogP contribution < -0.4 is 4.74 Å².